The Bertz CT molecular complexity index is 638. The van der Waals surface area contributed by atoms with E-state index < -0.39 is 0 Å². The van der Waals surface area contributed by atoms with Gasteiger partial charge in [-0.05, 0) is 49.2 Å². The summed E-state index contributed by atoms with van der Waals surface area (Å²) in [6.07, 6.45) is 0. The summed E-state index contributed by atoms with van der Waals surface area (Å²) >= 11 is 4.82. The Labute approximate surface area is 117 Å². The van der Waals surface area contributed by atoms with E-state index in [1.165, 1.54) is 6.07 Å². The number of halogens is 1. The molecule has 0 saturated heterocycles. The van der Waals surface area contributed by atoms with Gasteiger partial charge < -0.3 is 11.1 Å². The quantitative estimate of drug-likeness (QED) is 0.836. The van der Waals surface area contributed by atoms with Crippen molar-refractivity contribution in [1.29, 1.82) is 0 Å². The lowest BCUT2D eigenvalue weighted by Gasteiger charge is -2.12. The molecule has 2 rings (SSSR count). The number of rotatable bonds is 3. The number of nitrogens with one attached hydrogen (secondary N) is 1. The maximum Gasteiger partial charge on any atom is 0.147 e. The second kappa shape index (κ2) is 5.36. The van der Waals surface area contributed by atoms with E-state index in [0.717, 1.165) is 16.8 Å². The van der Waals surface area contributed by atoms with Crippen molar-refractivity contribution in [2.75, 3.05) is 5.32 Å². The van der Waals surface area contributed by atoms with Crippen LogP contribution in [0, 0.1) is 19.7 Å². The highest BCUT2D eigenvalue weighted by Crippen LogP contribution is 2.25. The predicted molar refractivity (Wildman–Crippen MR) is 81.5 cm³/mol. The van der Waals surface area contributed by atoms with Gasteiger partial charge in [0, 0.05) is 11.3 Å². The Morgan fingerprint density at radius 2 is 1.89 bits per heavy atom. The smallest absolute Gasteiger partial charge is 0.147 e. The predicted octanol–water partition coefficient (Wildman–Crippen LogP) is 3.82. The van der Waals surface area contributed by atoms with Crippen molar-refractivity contribution in [3.63, 3.8) is 0 Å². The van der Waals surface area contributed by atoms with Gasteiger partial charge in [-0.1, -0.05) is 24.4 Å². The summed E-state index contributed by atoms with van der Waals surface area (Å²) < 4.78 is 14.0. The van der Waals surface area contributed by atoms with E-state index in [9.17, 15) is 4.39 Å². The van der Waals surface area contributed by atoms with E-state index in [0.29, 0.717) is 11.3 Å². The molecule has 0 atom stereocenters. The number of hydrogen-bond donors (Lipinski definition) is 2. The number of benzene rings is 2. The summed E-state index contributed by atoms with van der Waals surface area (Å²) in [6.45, 7) is 4.02. The third kappa shape index (κ3) is 2.90. The Hall–Kier alpha value is -1.94. The monoisotopic (exact) mass is 274 g/mol. The standard InChI is InChI=1S/C15H15FN2S/c1-9-4-3-5-13(10(9)2)18-14-7-6-11(15(17)19)8-12(14)16/h3-8,18H,1-2H3,(H2,17,19). The molecular formula is C15H15FN2S. The summed E-state index contributed by atoms with van der Waals surface area (Å²) in [5, 5.41) is 3.09. The Morgan fingerprint density at radius 3 is 2.53 bits per heavy atom. The maximum absolute atomic E-state index is 14.0. The Morgan fingerprint density at radius 1 is 1.16 bits per heavy atom. The van der Waals surface area contributed by atoms with E-state index in [1.54, 1.807) is 12.1 Å². The molecule has 0 heterocycles. The first-order chi connectivity index (χ1) is 8.99. The zero-order valence-corrected chi connectivity index (χ0v) is 11.6. The summed E-state index contributed by atoms with van der Waals surface area (Å²) in [6, 6.07) is 10.6. The molecule has 0 amide bonds. The van der Waals surface area contributed by atoms with E-state index in [1.807, 2.05) is 32.0 Å². The molecule has 0 aliphatic heterocycles. The fourth-order valence-corrected chi connectivity index (χ4v) is 1.93. The molecule has 2 aromatic carbocycles. The van der Waals surface area contributed by atoms with E-state index in [4.69, 9.17) is 18.0 Å². The number of thiocarbonyl (C=S) groups is 1. The Balaban J connectivity index is 2.34. The van der Waals surface area contributed by atoms with Crippen LogP contribution in [0.15, 0.2) is 36.4 Å². The van der Waals surface area contributed by atoms with Crippen LogP contribution in [0.25, 0.3) is 0 Å². The van der Waals surface area contributed by atoms with Crippen molar-refractivity contribution in [2.45, 2.75) is 13.8 Å². The van der Waals surface area contributed by atoms with Gasteiger partial charge in [-0.25, -0.2) is 4.39 Å². The molecule has 0 aliphatic carbocycles. The molecule has 0 fully saturated rings. The van der Waals surface area contributed by atoms with Crippen molar-refractivity contribution in [1.82, 2.24) is 0 Å². The second-order valence-corrected chi connectivity index (χ2v) is 4.87. The minimum Gasteiger partial charge on any atom is -0.389 e. The summed E-state index contributed by atoms with van der Waals surface area (Å²) in [4.78, 5) is 0.192. The molecule has 19 heavy (non-hydrogen) atoms. The fourth-order valence-electron chi connectivity index (χ4n) is 1.80. The molecule has 0 bridgehead atoms. The summed E-state index contributed by atoms with van der Waals surface area (Å²) in [5.74, 6) is -0.369. The highest BCUT2D eigenvalue weighted by molar-refractivity contribution is 7.80. The van der Waals surface area contributed by atoms with Crippen LogP contribution < -0.4 is 11.1 Å². The summed E-state index contributed by atoms with van der Waals surface area (Å²) in [7, 11) is 0. The van der Waals surface area contributed by atoms with Crippen LogP contribution in [0.3, 0.4) is 0 Å². The summed E-state index contributed by atoms with van der Waals surface area (Å²) in [5.41, 5.74) is 9.56. The first kappa shape index (κ1) is 13.5. The van der Waals surface area contributed by atoms with Crippen LogP contribution in [0.2, 0.25) is 0 Å². The van der Waals surface area contributed by atoms with E-state index in [2.05, 4.69) is 5.32 Å². The molecule has 2 nitrogen and oxygen atoms in total. The van der Waals surface area contributed by atoms with Gasteiger partial charge in [0.2, 0.25) is 0 Å². The average molecular weight is 274 g/mol. The lowest BCUT2D eigenvalue weighted by Crippen LogP contribution is -2.10. The van der Waals surface area contributed by atoms with Crippen LogP contribution in [-0.4, -0.2) is 4.99 Å². The third-order valence-corrected chi connectivity index (χ3v) is 3.36. The average Bonchev–Trinajstić information content (AvgIpc) is 2.37. The van der Waals surface area contributed by atoms with Crippen LogP contribution >= 0.6 is 12.2 Å². The molecule has 0 unspecified atom stereocenters. The zero-order chi connectivity index (χ0) is 14.0. The molecule has 0 radical (unpaired) electrons. The van der Waals surface area contributed by atoms with Gasteiger partial charge in [0.25, 0.3) is 0 Å². The minimum absolute atomic E-state index is 0.192. The van der Waals surface area contributed by atoms with Crippen molar-refractivity contribution in [3.8, 4) is 0 Å². The molecule has 4 heteroatoms. The Kier molecular flexibility index (Phi) is 3.81. The fraction of sp³-hybridized carbons (Fsp3) is 0.133. The number of anilines is 2. The molecule has 0 spiro atoms. The van der Waals surface area contributed by atoms with Gasteiger partial charge in [-0.3, -0.25) is 0 Å². The van der Waals surface area contributed by atoms with Crippen LogP contribution in [0.1, 0.15) is 16.7 Å². The lowest BCUT2D eigenvalue weighted by molar-refractivity contribution is 0.631. The largest absolute Gasteiger partial charge is 0.389 e. The van der Waals surface area contributed by atoms with Gasteiger partial charge in [0.05, 0.1) is 5.69 Å². The molecule has 3 N–H and O–H groups in total. The van der Waals surface area contributed by atoms with Crippen LogP contribution in [-0.2, 0) is 0 Å². The van der Waals surface area contributed by atoms with Crippen molar-refractivity contribution >= 4 is 28.6 Å². The van der Waals surface area contributed by atoms with Gasteiger partial charge in [0.1, 0.15) is 10.8 Å². The zero-order valence-electron chi connectivity index (χ0n) is 10.8. The van der Waals surface area contributed by atoms with Crippen molar-refractivity contribution < 1.29 is 4.39 Å². The molecular weight excluding hydrogens is 259 g/mol. The normalized spacial score (nSPS) is 10.3. The molecule has 0 aliphatic rings. The molecule has 0 aromatic heterocycles. The number of hydrogen-bond acceptors (Lipinski definition) is 2. The van der Waals surface area contributed by atoms with Gasteiger partial charge in [-0.2, -0.15) is 0 Å². The van der Waals surface area contributed by atoms with Crippen LogP contribution in [0.5, 0.6) is 0 Å². The third-order valence-electron chi connectivity index (χ3n) is 3.13. The maximum atomic E-state index is 14.0. The molecule has 98 valence electrons. The van der Waals surface area contributed by atoms with Gasteiger partial charge in [-0.15, -0.1) is 0 Å². The highest BCUT2D eigenvalue weighted by atomic mass is 32.1. The van der Waals surface area contributed by atoms with E-state index in [-0.39, 0.29) is 10.8 Å². The number of nitrogens with two attached hydrogens (primary N) is 1. The second-order valence-electron chi connectivity index (χ2n) is 4.43. The van der Waals surface area contributed by atoms with Crippen molar-refractivity contribution in [2.24, 2.45) is 5.73 Å². The topological polar surface area (TPSA) is 38.0 Å². The van der Waals surface area contributed by atoms with Gasteiger partial charge >= 0.3 is 0 Å². The highest BCUT2D eigenvalue weighted by Gasteiger charge is 2.07. The SMILES string of the molecule is Cc1cccc(Nc2ccc(C(N)=S)cc2F)c1C. The van der Waals surface area contributed by atoms with Crippen LogP contribution in [0.4, 0.5) is 15.8 Å². The minimum atomic E-state index is -0.369. The van der Waals surface area contributed by atoms with Gasteiger partial charge in [0.15, 0.2) is 0 Å². The first-order valence-electron chi connectivity index (χ1n) is 5.91. The molecule has 2 aromatic rings. The first-order valence-corrected chi connectivity index (χ1v) is 6.32. The lowest BCUT2D eigenvalue weighted by atomic mass is 10.1. The number of aryl methyl sites for hydroxylation is 1. The van der Waals surface area contributed by atoms with Crippen molar-refractivity contribution in [3.05, 3.63) is 58.9 Å². The molecule has 0 saturated carbocycles. The van der Waals surface area contributed by atoms with E-state index >= 15 is 0 Å².